The van der Waals surface area contributed by atoms with Crippen LogP contribution in [-0.2, 0) is 0 Å². The van der Waals surface area contributed by atoms with E-state index < -0.39 is 0 Å². The van der Waals surface area contributed by atoms with Gasteiger partial charge in [-0.05, 0) is 34.7 Å². The predicted molar refractivity (Wildman–Crippen MR) is 72.5 cm³/mol. The Morgan fingerprint density at radius 2 is 1.18 bits per heavy atom. The van der Waals surface area contributed by atoms with Gasteiger partial charge in [-0.3, -0.25) is 4.79 Å². The van der Waals surface area contributed by atoms with Crippen LogP contribution in [0.1, 0.15) is 5.56 Å². The van der Waals surface area contributed by atoms with E-state index in [1.165, 1.54) is 0 Å². The lowest BCUT2D eigenvalue weighted by Crippen LogP contribution is -1.94. The molecule has 0 aliphatic rings. The van der Waals surface area contributed by atoms with E-state index >= 15 is 0 Å². The number of rotatable bonds is 0. The van der Waals surface area contributed by atoms with Crippen LogP contribution < -0.4 is 5.43 Å². The molecule has 0 unspecified atom stereocenters. The van der Waals surface area contributed by atoms with Crippen LogP contribution in [0, 0.1) is 6.92 Å². The summed E-state index contributed by atoms with van der Waals surface area (Å²) in [6, 6.07) is 17.7. The van der Waals surface area contributed by atoms with Crippen LogP contribution in [-0.4, -0.2) is 0 Å². The van der Waals surface area contributed by atoms with Gasteiger partial charge in [0.05, 0.1) is 0 Å². The smallest absolute Gasteiger partial charge is 0.186 e. The maximum absolute atomic E-state index is 12.1. The van der Waals surface area contributed by atoms with Gasteiger partial charge >= 0.3 is 0 Å². The molecule has 3 aromatic carbocycles. The van der Waals surface area contributed by atoms with E-state index in [0.717, 1.165) is 27.1 Å². The Hall–Kier alpha value is -2.15. The predicted octanol–water partition coefficient (Wildman–Crippen LogP) is 3.66. The van der Waals surface area contributed by atoms with E-state index in [4.69, 9.17) is 0 Å². The molecule has 82 valence electrons. The molecule has 0 N–H and O–H groups in total. The highest BCUT2D eigenvalue weighted by molar-refractivity contribution is 6.06. The first-order chi connectivity index (χ1) is 8.27. The van der Waals surface area contributed by atoms with E-state index in [-0.39, 0.29) is 5.43 Å². The minimum absolute atomic E-state index is 0.0919. The summed E-state index contributed by atoms with van der Waals surface area (Å²) in [7, 11) is 0. The van der Waals surface area contributed by atoms with Crippen LogP contribution in [0.25, 0.3) is 21.5 Å². The molecule has 3 rings (SSSR count). The summed E-state index contributed by atoms with van der Waals surface area (Å²) in [6.45, 7) is 1.99. The topological polar surface area (TPSA) is 17.1 Å². The molecule has 1 nitrogen and oxygen atoms in total. The molecule has 17 heavy (non-hydrogen) atoms. The van der Waals surface area contributed by atoms with Crippen molar-refractivity contribution in [2.75, 3.05) is 0 Å². The van der Waals surface area contributed by atoms with Gasteiger partial charge in [-0.2, -0.15) is 0 Å². The summed E-state index contributed by atoms with van der Waals surface area (Å²) in [5.41, 5.74) is 1.12. The highest BCUT2D eigenvalue weighted by atomic mass is 16.1. The third-order valence-electron chi connectivity index (χ3n) is 3.18. The molecular weight excluding hydrogens is 208 g/mol. The molecule has 1 heteroatoms. The zero-order chi connectivity index (χ0) is 11.8. The van der Waals surface area contributed by atoms with Crippen LogP contribution in [0.4, 0.5) is 0 Å². The Labute approximate surface area is 99.3 Å². The van der Waals surface area contributed by atoms with E-state index in [0.29, 0.717) is 0 Å². The van der Waals surface area contributed by atoms with Crippen molar-refractivity contribution in [1.82, 2.24) is 0 Å². The second-order valence-electron chi connectivity index (χ2n) is 4.28. The Bertz CT molecular complexity index is 772. The van der Waals surface area contributed by atoms with E-state index in [2.05, 4.69) is 12.1 Å². The molecule has 0 aliphatic carbocycles. The van der Waals surface area contributed by atoms with Crippen LogP contribution in [0.3, 0.4) is 0 Å². The third-order valence-corrected chi connectivity index (χ3v) is 3.18. The van der Waals surface area contributed by atoms with E-state index in [1.807, 2.05) is 43.3 Å². The minimum atomic E-state index is 0.0919. The Morgan fingerprint density at radius 1 is 0.706 bits per heavy atom. The van der Waals surface area contributed by atoms with E-state index in [1.54, 1.807) is 6.07 Å². The van der Waals surface area contributed by atoms with Crippen molar-refractivity contribution < 1.29 is 0 Å². The average Bonchev–Trinajstić information content (AvgIpc) is 2.48. The Balaban J connectivity index is 2.77. The Kier molecular flexibility index (Phi) is 2.19. The largest absolute Gasteiger partial charge is 0.289 e. The fourth-order valence-electron chi connectivity index (χ4n) is 2.35. The van der Waals surface area contributed by atoms with Crippen LogP contribution in [0.5, 0.6) is 0 Å². The summed E-state index contributed by atoms with van der Waals surface area (Å²) < 4.78 is 0. The van der Waals surface area contributed by atoms with Crippen molar-refractivity contribution in [2.24, 2.45) is 0 Å². The van der Waals surface area contributed by atoms with Crippen LogP contribution in [0.15, 0.2) is 59.4 Å². The van der Waals surface area contributed by atoms with E-state index in [9.17, 15) is 4.79 Å². The number of hydrogen-bond donors (Lipinski definition) is 0. The van der Waals surface area contributed by atoms with Crippen molar-refractivity contribution in [3.8, 4) is 0 Å². The van der Waals surface area contributed by atoms with Gasteiger partial charge in [0.2, 0.25) is 0 Å². The molecule has 0 aliphatic heterocycles. The highest BCUT2D eigenvalue weighted by Gasteiger charge is 2.03. The summed E-state index contributed by atoms with van der Waals surface area (Å²) in [4.78, 5) is 12.1. The molecule has 0 saturated heterocycles. The van der Waals surface area contributed by atoms with Gasteiger partial charge < -0.3 is 0 Å². The molecule has 0 aromatic heterocycles. The molecule has 0 fully saturated rings. The standard InChI is InChI=1S/C16H12O/c1-11-10-16(17)15-9-5-4-8-14(15)13-7-3-2-6-12(11)13/h2-10H,1H3. The molecule has 3 aromatic rings. The summed E-state index contributed by atoms with van der Waals surface area (Å²) in [6.07, 6.45) is 0. The number of hydrogen-bond acceptors (Lipinski definition) is 1. The molecule has 0 heterocycles. The van der Waals surface area contributed by atoms with Crippen molar-refractivity contribution in [2.45, 2.75) is 6.92 Å². The quantitative estimate of drug-likeness (QED) is 0.565. The minimum Gasteiger partial charge on any atom is -0.289 e. The van der Waals surface area contributed by atoms with Crippen molar-refractivity contribution >= 4 is 21.5 Å². The second kappa shape index (κ2) is 3.70. The second-order valence-corrected chi connectivity index (χ2v) is 4.28. The third kappa shape index (κ3) is 1.51. The number of fused-ring (bicyclic) bond motifs is 3. The number of aryl methyl sites for hydroxylation is 1. The Morgan fingerprint density at radius 3 is 1.82 bits per heavy atom. The zero-order valence-electron chi connectivity index (χ0n) is 9.60. The fourth-order valence-corrected chi connectivity index (χ4v) is 2.35. The molecular formula is C16H12O. The first kappa shape index (κ1) is 10.0. The van der Waals surface area contributed by atoms with Gasteiger partial charge in [0.25, 0.3) is 0 Å². The zero-order valence-corrected chi connectivity index (χ0v) is 9.60. The maximum atomic E-state index is 12.1. The monoisotopic (exact) mass is 220 g/mol. The lowest BCUT2D eigenvalue weighted by atomic mass is 10.1. The molecule has 0 radical (unpaired) electrons. The molecule has 0 spiro atoms. The van der Waals surface area contributed by atoms with Gasteiger partial charge in [-0.1, -0.05) is 48.5 Å². The van der Waals surface area contributed by atoms with Gasteiger partial charge in [0.1, 0.15) is 0 Å². The summed E-state index contributed by atoms with van der Waals surface area (Å²) >= 11 is 0. The van der Waals surface area contributed by atoms with Gasteiger partial charge in [-0.15, -0.1) is 0 Å². The van der Waals surface area contributed by atoms with Crippen molar-refractivity contribution in [3.05, 3.63) is 70.4 Å². The molecule has 0 bridgehead atoms. The summed E-state index contributed by atoms with van der Waals surface area (Å²) in [5.74, 6) is 0. The van der Waals surface area contributed by atoms with Crippen molar-refractivity contribution in [3.63, 3.8) is 0 Å². The van der Waals surface area contributed by atoms with Crippen LogP contribution in [0.2, 0.25) is 0 Å². The maximum Gasteiger partial charge on any atom is 0.186 e. The molecule has 0 saturated carbocycles. The lowest BCUT2D eigenvalue weighted by Gasteiger charge is -1.98. The van der Waals surface area contributed by atoms with Crippen LogP contribution >= 0.6 is 0 Å². The van der Waals surface area contributed by atoms with Gasteiger partial charge in [0, 0.05) is 5.39 Å². The highest BCUT2D eigenvalue weighted by Crippen LogP contribution is 2.23. The van der Waals surface area contributed by atoms with Gasteiger partial charge in [0.15, 0.2) is 5.43 Å². The first-order valence-electron chi connectivity index (χ1n) is 5.69. The summed E-state index contributed by atoms with van der Waals surface area (Å²) in [5, 5.41) is 4.10. The van der Waals surface area contributed by atoms with Gasteiger partial charge in [-0.25, -0.2) is 0 Å². The SMILES string of the molecule is Cc1cc(=O)c2ccccc2c2ccccc12. The normalized spacial score (nSPS) is 10.9. The molecule has 0 amide bonds. The average molecular weight is 220 g/mol. The fraction of sp³-hybridized carbons (Fsp3) is 0.0625. The molecule has 0 atom stereocenters. The van der Waals surface area contributed by atoms with Crippen molar-refractivity contribution in [1.29, 1.82) is 0 Å². The number of benzene rings is 2. The lowest BCUT2D eigenvalue weighted by molar-refractivity contribution is 1.53. The first-order valence-corrected chi connectivity index (χ1v) is 5.69.